The van der Waals surface area contributed by atoms with E-state index in [0.717, 1.165) is 24.8 Å². The van der Waals surface area contributed by atoms with Gasteiger partial charge in [-0.3, -0.25) is 4.79 Å². The average Bonchev–Trinajstić information content (AvgIpc) is 2.76. The van der Waals surface area contributed by atoms with E-state index in [2.05, 4.69) is 10.6 Å². The second kappa shape index (κ2) is 12.7. The number of unbranched alkanes of at least 4 members (excludes halogenated alkanes) is 4. The van der Waals surface area contributed by atoms with Crippen LogP contribution in [0, 0.1) is 5.82 Å². The van der Waals surface area contributed by atoms with E-state index in [-0.39, 0.29) is 41.6 Å². The van der Waals surface area contributed by atoms with Crippen LogP contribution in [0.25, 0.3) is 0 Å². The summed E-state index contributed by atoms with van der Waals surface area (Å²) in [5, 5.41) is 14.9. The summed E-state index contributed by atoms with van der Waals surface area (Å²) < 4.78 is 39.3. The summed E-state index contributed by atoms with van der Waals surface area (Å²) in [6.07, 6.45) is 2.90. The highest BCUT2D eigenvalue weighted by molar-refractivity contribution is 5.94. The third-order valence-electron chi connectivity index (χ3n) is 4.96. The van der Waals surface area contributed by atoms with E-state index in [0.29, 0.717) is 19.4 Å². The fourth-order valence-corrected chi connectivity index (χ4v) is 3.12. The number of carbonyl (C=O) groups is 1. The number of nitrogens with one attached hydrogen (secondary N) is 2. The van der Waals surface area contributed by atoms with Crippen LogP contribution < -0.4 is 16.4 Å². The number of benzene rings is 2. The van der Waals surface area contributed by atoms with Crippen LogP contribution in [-0.2, 0) is 11.3 Å². The Kier molecular flexibility index (Phi) is 10.00. The van der Waals surface area contributed by atoms with E-state index >= 15 is 0 Å². The molecule has 1 unspecified atom stereocenters. The van der Waals surface area contributed by atoms with Gasteiger partial charge in [0.15, 0.2) is 5.82 Å². The number of halogens is 3. The number of hydrogen-bond donors (Lipinski definition) is 4. The van der Waals surface area contributed by atoms with Crippen LogP contribution in [-0.4, -0.2) is 23.9 Å². The zero-order valence-electron chi connectivity index (χ0n) is 17.5. The van der Waals surface area contributed by atoms with Crippen molar-refractivity contribution in [1.82, 2.24) is 0 Å². The first-order chi connectivity index (χ1) is 14.9. The molecule has 0 aliphatic heterocycles. The van der Waals surface area contributed by atoms with Crippen molar-refractivity contribution in [2.24, 2.45) is 0 Å². The molecule has 5 nitrogen and oxygen atoms in total. The van der Waals surface area contributed by atoms with E-state index in [1.165, 1.54) is 6.07 Å². The Balaban J connectivity index is 1.74. The molecule has 0 saturated heterocycles. The average molecular weight is 438 g/mol. The van der Waals surface area contributed by atoms with Crippen molar-refractivity contribution in [3.8, 4) is 5.75 Å². The highest BCUT2D eigenvalue weighted by atomic mass is 19.2. The quantitative estimate of drug-likeness (QED) is 0.239. The molecule has 0 saturated carbocycles. The fraction of sp³-hybridized carbons (Fsp3) is 0.435. The van der Waals surface area contributed by atoms with Crippen molar-refractivity contribution < 1.29 is 23.1 Å². The number of alkyl halides is 2. The second-order valence-corrected chi connectivity index (χ2v) is 7.51. The molecular weight excluding hydrogens is 407 g/mol. The van der Waals surface area contributed by atoms with Gasteiger partial charge >= 0.3 is 0 Å². The van der Waals surface area contributed by atoms with Gasteiger partial charge in [-0.1, -0.05) is 37.8 Å². The summed E-state index contributed by atoms with van der Waals surface area (Å²) in [6, 6.07) is 9.60. The van der Waals surface area contributed by atoms with Crippen molar-refractivity contribution in [2.45, 2.75) is 57.7 Å². The molecule has 0 heterocycles. The number of amides is 1. The fourth-order valence-electron chi connectivity index (χ4n) is 3.12. The molecule has 0 fully saturated rings. The monoisotopic (exact) mass is 437 g/mol. The van der Waals surface area contributed by atoms with E-state index in [9.17, 15) is 23.1 Å². The van der Waals surface area contributed by atoms with Gasteiger partial charge in [0.05, 0.1) is 17.1 Å². The van der Waals surface area contributed by atoms with Gasteiger partial charge in [-0.05, 0) is 42.7 Å². The van der Waals surface area contributed by atoms with Gasteiger partial charge in [0.2, 0.25) is 5.91 Å². The molecule has 0 radical (unpaired) electrons. The lowest BCUT2D eigenvalue weighted by molar-refractivity contribution is -0.116. The minimum absolute atomic E-state index is 0.141. The number of aromatic hydroxyl groups is 1. The predicted octanol–water partition coefficient (Wildman–Crippen LogP) is 5.70. The van der Waals surface area contributed by atoms with Gasteiger partial charge in [0.1, 0.15) is 18.6 Å². The Morgan fingerprint density at radius 3 is 2.35 bits per heavy atom. The molecule has 2 aromatic carbocycles. The van der Waals surface area contributed by atoms with Crippen LogP contribution in [0.3, 0.4) is 0 Å². The van der Waals surface area contributed by atoms with Crippen LogP contribution in [0.1, 0.15) is 50.5 Å². The molecule has 2 rings (SSSR count). The predicted molar refractivity (Wildman–Crippen MR) is 118 cm³/mol. The van der Waals surface area contributed by atoms with Crippen molar-refractivity contribution in [3.05, 3.63) is 47.8 Å². The Morgan fingerprint density at radius 1 is 1.00 bits per heavy atom. The van der Waals surface area contributed by atoms with Crippen LogP contribution in [0.5, 0.6) is 5.75 Å². The number of phenols is 1. The first-order valence-electron chi connectivity index (χ1n) is 10.5. The van der Waals surface area contributed by atoms with Gasteiger partial charge < -0.3 is 21.5 Å². The molecule has 0 spiro atoms. The molecular formula is C23H30F3N3O2. The molecule has 1 atom stereocenters. The highest BCUT2D eigenvalue weighted by Crippen LogP contribution is 2.28. The maximum absolute atomic E-state index is 14.6. The van der Waals surface area contributed by atoms with Crippen LogP contribution >= 0.6 is 0 Å². The van der Waals surface area contributed by atoms with Gasteiger partial charge in [0.25, 0.3) is 0 Å². The normalized spacial score (nSPS) is 11.8. The molecule has 0 aromatic heterocycles. The molecule has 1 amide bonds. The molecule has 2 aromatic rings. The third-order valence-corrected chi connectivity index (χ3v) is 4.96. The maximum atomic E-state index is 14.6. The molecule has 8 heteroatoms. The minimum Gasteiger partial charge on any atom is -0.508 e. The molecule has 5 N–H and O–H groups in total. The number of anilines is 3. The largest absolute Gasteiger partial charge is 0.508 e. The van der Waals surface area contributed by atoms with Gasteiger partial charge in [-0.25, -0.2) is 13.2 Å². The zero-order valence-corrected chi connectivity index (χ0v) is 17.5. The Bertz CT molecular complexity index is 832. The number of hydrogen-bond acceptors (Lipinski definition) is 4. The van der Waals surface area contributed by atoms with Crippen molar-refractivity contribution >= 4 is 23.0 Å². The summed E-state index contributed by atoms with van der Waals surface area (Å²) in [7, 11) is 0. The van der Waals surface area contributed by atoms with Crippen LogP contribution in [0.2, 0.25) is 0 Å². The first-order valence-corrected chi connectivity index (χ1v) is 10.5. The first kappa shape index (κ1) is 24.4. The van der Waals surface area contributed by atoms with Crippen molar-refractivity contribution in [2.75, 3.05) is 23.0 Å². The number of rotatable bonds is 13. The van der Waals surface area contributed by atoms with Gasteiger partial charge in [-0.15, -0.1) is 0 Å². The molecule has 0 aliphatic carbocycles. The number of phenolic OH excluding ortho intramolecular Hbond substituents is 1. The topological polar surface area (TPSA) is 87.4 Å². The summed E-state index contributed by atoms with van der Waals surface area (Å²) >= 11 is 0. The minimum atomic E-state index is -1.37. The highest BCUT2D eigenvalue weighted by Gasteiger charge is 2.13. The Labute approximate surface area is 180 Å². The Hall–Kier alpha value is -2.90. The summed E-state index contributed by atoms with van der Waals surface area (Å²) in [5.74, 6) is -0.740. The van der Waals surface area contributed by atoms with Crippen LogP contribution in [0.4, 0.5) is 30.2 Å². The maximum Gasteiger partial charge on any atom is 0.224 e. The van der Waals surface area contributed by atoms with E-state index in [1.807, 2.05) is 0 Å². The molecule has 170 valence electrons. The second-order valence-electron chi connectivity index (χ2n) is 7.51. The van der Waals surface area contributed by atoms with Gasteiger partial charge in [-0.2, -0.15) is 0 Å². The molecule has 31 heavy (non-hydrogen) atoms. The number of carbonyl (C=O) groups excluding carboxylic acids is 1. The molecule has 0 aliphatic rings. The smallest absolute Gasteiger partial charge is 0.224 e. The molecule has 0 bridgehead atoms. The third kappa shape index (κ3) is 8.39. The van der Waals surface area contributed by atoms with E-state index in [4.69, 9.17) is 5.73 Å². The zero-order chi connectivity index (χ0) is 22.6. The lowest BCUT2D eigenvalue weighted by Crippen LogP contribution is -2.14. The number of nitrogen functional groups attached to an aromatic ring is 1. The summed E-state index contributed by atoms with van der Waals surface area (Å²) in [6.45, 7) is -0.582. The lowest BCUT2D eigenvalue weighted by atomic mass is 10.1. The van der Waals surface area contributed by atoms with Crippen molar-refractivity contribution in [3.63, 3.8) is 0 Å². The SMILES string of the molecule is Nc1c(NC(=O)CCCCCCCC(F)CF)ccc(NCc2ccc(O)cc2)c1F. The Morgan fingerprint density at radius 2 is 1.65 bits per heavy atom. The standard InChI is InChI=1S/C23H30F3N3O2/c24-14-17(25)6-4-2-1-3-5-7-21(31)29-20-13-12-19(22(26)23(20)27)28-15-16-8-10-18(30)11-9-16/h8-13,17,28,30H,1-7,14-15,27H2,(H,29,31). The van der Waals surface area contributed by atoms with Crippen LogP contribution in [0.15, 0.2) is 36.4 Å². The van der Waals surface area contributed by atoms with E-state index in [1.54, 1.807) is 30.3 Å². The summed E-state index contributed by atoms with van der Waals surface area (Å²) in [5.41, 5.74) is 7.00. The van der Waals surface area contributed by atoms with Crippen molar-refractivity contribution in [1.29, 1.82) is 0 Å². The lowest BCUT2D eigenvalue weighted by Gasteiger charge is -2.13. The summed E-state index contributed by atoms with van der Waals surface area (Å²) in [4.78, 5) is 12.1. The number of nitrogens with two attached hydrogens (primary N) is 1. The van der Waals surface area contributed by atoms with E-state index < -0.39 is 18.7 Å². The van der Waals surface area contributed by atoms with Gasteiger partial charge in [0, 0.05) is 13.0 Å².